The molecule has 4 rings (SSSR count). The highest BCUT2D eigenvalue weighted by Crippen LogP contribution is 2.34. The number of fused-ring (bicyclic) bond motifs is 3. The van der Waals surface area contributed by atoms with Crippen LogP contribution in [0.4, 0.5) is 0 Å². The molecule has 1 atom stereocenters. The summed E-state index contributed by atoms with van der Waals surface area (Å²) >= 11 is 0. The van der Waals surface area contributed by atoms with Gasteiger partial charge in [-0.2, -0.15) is 0 Å². The van der Waals surface area contributed by atoms with Crippen LogP contribution >= 0.6 is 0 Å². The number of aromatic amines is 1. The highest BCUT2D eigenvalue weighted by atomic mass is 32.2. The van der Waals surface area contributed by atoms with Gasteiger partial charge in [-0.05, 0) is 26.3 Å². The van der Waals surface area contributed by atoms with E-state index in [0.717, 1.165) is 34.1 Å². The van der Waals surface area contributed by atoms with E-state index in [2.05, 4.69) is 19.9 Å². The first kappa shape index (κ1) is 15.5. The molecule has 7 nitrogen and oxygen atoms in total. The Morgan fingerprint density at radius 3 is 3.00 bits per heavy atom. The van der Waals surface area contributed by atoms with Gasteiger partial charge in [-0.1, -0.05) is 0 Å². The van der Waals surface area contributed by atoms with Crippen LogP contribution in [0.3, 0.4) is 0 Å². The summed E-state index contributed by atoms with van der Waals surface area (Å²) in [5, 5.41) is 1.96. The molecule has 0 amide bonds. The van der Waals surface area contributed by atoms with Gasteiger partial charge in [0.25, 0.3) is 0 Å². The van der Waals surface area contributed by atoms with E-state index in [0.29, 0.717) is 18.9 Å². The van der Waals surface area contributed by atoms with Crippen molar-refractivity contribution >= 4 is 32.0 Å². The Balaban J connectivity index is 1.86. The molecule has 1 unspecified atom stereocenters. The maximum absolute atomic E-state index is 12.2. The number of rotatable bonds is 3. The predicted molar refractivity (Wildman–Crippen MR) is 92.3 cm³/mol. The monoisotopic (exact) mass is 345 g/mol. The molecule has 0 bridgehead atoms. The molecule has 1 aliphatic rings. The van der Waals surface area contributed by atoms with Gasteiger partial charge in [0.15, 0.2) is 0 Å². The van der Waals surface area contributed by atoms with Gasteiger partial charge in [0.05, 0.1) is 23.2 Å². The zero-order valence-corrected chi connectivity index (χ0v) is 14.5. The molecule has 8 heteroatoms. The second-order valence-electron chi connectivity index (χ2n) is 6.16. The molecule has 24 heavy (non-hydrogen) atoms. The van der Waals surface area contributed by atoms with Crippen molar-refractivity contribution < 1.29 is 8.42 Å². The summed E-state index contributed by atoms with van der Waals surface area (Å²) in [5.74, 6) is 0.900. The van der Waals surface area contributed by atoms with Crippen molar-refractivity contribution in [2.75, 3.05) is 18.8 Å². The third-order valence-electron chi connectivity index (χ3n) is 4.68. The fourth-order valence-electron chi connectivity index (χ4n) is 3.46. The zero-order chi connectivity index (χ0) is 16.9. The van der Waals surface area contributed by atoms with Gasteiger partial charge in [0, 0.05) is 36.0 Å². The first-order chi connectivity index (χ1) is 11.5. The Labute approximate surface area is 140 Å². The largest absolute Gasteiger partial charge is 0.346 e. The molecule has 0 radical (unpaired) electrons. The van der Waals surface area contributed by atoms with Gasteiger partial charge in [0.1, 0.15) is 11.5 Å². The number of hydrogen-bond donors (Lipinski definition) is 1. The Morgan fingerprint density at radius 1 is 1.38 bits per heavy atom. The van der Waals surface area contributed by atoms with Crippen molar-refractivity contribution in [2.45, 2.75) is 26.2 Å². The van der Waals surface area contributed by atoms with Crippen LogP contribution in [0, 0.1) is 6.92 Å². The van der Waals surface area contributed by atoms with Crippen LogP contribution in [-0.4, -0.2) is 51.5 Å². The lowest BCUT2D eigenvalue weighted by atomic mass is 9.99. The molecule has 1 N–H and O–H groups in total. The van der Waals surface area contributed by atoms with Crippen LogP contribution in [0.2, 0.25) is 0 Å². The Bertz CT molecular complexity index is 1030. The summed E-state index contributed by atoms with van der Waals surface area (Å²) in [5.41, 5.74) is 2.53. The van der Waals surface area contributed by atoms with Crippen molar-refractivity contribution in [3.05, 3.63) is 30.0 Å². The third kappa shape index (κ3) is 2.37. The van der Waals surface area contributed by atoms with Crippen LogP contribution in [0.25, 0.3) is 21.9 Å². The summed E-state index contributed by atoms with van der Waals surface area (Å²) in [6.07, 6.45) is 4.38. The highest BCUT2D eigenvalue weighted by molar-refractivity contribution is 7.89. The van der Waals surface area contributed by atoms with E-state index in [1.165, 1.54) is 0 Å². The molecule has 1 fully saturated rings. The van der Waals surface area contributed by atoms with Crippen LogP contribution in [0.1, 0.15) is 30.8 Å². The van der Waals surface area contributed by atoms with Crippen LogP contribution in [0.5, 0.6) is 0 Å². The summed E-state index contributed by atoms with van der Waals surface area (Å²) in [6.45, 7) is 4.57. The number of aromatic nitrogens is 4. The molecule has 126 valence electrons. The minimum Gasteiger partial charge on any atom is -0.346 e. The van der Waals surface area contributed by atoms with E-state index in [9.17, 15) is 8.42 Å². The van der Waals surface area contributed by atoms with Gasteiger partial charge in [-0.25, -0.2) is 27.7 Å². The fourth-order valence-corrected chi connectivity index (χ4v) is 4.62. The number of aryl methyl sites for hydroxylation is 1. The molecule has 0 aromatic carbocycles. The number of sulfonamides is 1. The van der Waals surface area contributed by atoms with Crippen molar-refractivity contribution in [3.8, 4) is 0 Å². The fraction of sp³-hybridized carbons (Fsp3) is 0.438. The molecule has 1 saturated heterocycles. The van der Waals surface area contributed by atoms with Crippen molar-refractivity contribution in [2.24, 2.45) is 0 Å². The Morgan fingerprint density at radius 2 is 2.21 bits per heavy atom. The maximum atomic E-state index is 12.2. The van der Waals surface area contributed by atoms with Crippen LogP contribution in [0.15, 0.2) is 18.5 Å². The number of hydrogen-bond acceptors (Lipinski definition) is 5. The average molecular weight is 345 g/mol. The number of H-pyrrole nitrogens is 1. The second-order valence-corrected chi connectivity index (χ2v) is 8.42. The highest BCUT2D eigenvalue weighted by Gasteiger charge is 2.33. The van der Waals surface area contributed by atoms with Crippen molar-refractivity contribution in [1.29, 1.82) is 0 Å². The predicted octanol–water partition coefficient (Wildman–Crippen LogP) is 1.95. The maximum Gasteiger partial charge on any atom is 0.213 e. The van der Waals surface area contributed by atoms with E-state index >= 15 is 0 Å². The quantitative estimate of drug-likeness (QED) is 0.783. The van der Waals surface area contributed by atoms with E-state index in [4.69, 9.17) is 0 Å². The Kier molecular flexibility index (Phi) is 3.54. The summed E-state index contributed by atoms with van der Waals surface area (Å²) < 4.78 is 25.9. The summed E-state index contributed by atoms with van der Waals surface area (Å²) in [6, 6.07) is 1.97. The lowest BCUT2D eigenvalue weighted by Crippen LogP contribution is -2.30. The number of nitrogens with zero attached hydrogens (tertiary/aromatic N) is 4. The first-order valence-electron chi connectivity index (χ1n) is 8.07. The molecule has 3 aromatic heterocycles. The van der Waals surface area contributed by atoms with Gasteiger partial charge >= 0.3 is 0 Å². The van der Waals surface area contributed by atoms with Crippen LogP contribution in [-0.2, 0) is 10.0 Å². The average Bonchev–Trinajstić information content (AvgIpc) is 3.23. The third-order valence-corrected chi connectivity index (χ3v) is 6.53. The minimum absolute atomic E-state index is 0.0797. The molecule has 1 aliphatic heterocycles. The second kappa shape index (κ2) is 5.49. The molecular weight excluding hydrogens is 326 g/mol. The molecule has 3 aromatic rings. The SMILES string of the molecule is CCS(=O)(=O)N1CCC(c2nc(C)nc3cnc4[nH]ccc4c23)C1. The van der Waals surface area contributed by atoms with Crippen LogP contribution < -0.4 is 0 Å². The minimum atomic E-state index is -3.16. The number of pyridine rings is 1. The molecule has 0 spiro atoms. The van der Waals surface area contributed by atoms with Gasteiger partial charge in [0.2, 0.25) is 10.0 Å². The summed E-state index contributed by atoms with van der Waals surface area (Å²) in [4.78, 5) is 16.7. The smallest absolute Gasteiger partial charge is 0.213 e. The normalized spacial score (nSPS) is 19.5. The topological polar surface area (TPSA) is 91.8 Å². The lowest BCUT2D eigenvalue weighted by molar-refractivity contribution is 0.473. The van der Waals surface area contributed by atoms with E-state index in [1.807, 2.05) is 19.2 Å². The van der Waals surface area contributed by atoms with E-state index in [1.54, 1.807) is 17.4 Å². The Hall–Kier alpha value is -2.06. The number of nitrogens with one attached hydrogen (secondary N) is 1. The molecular formula is C16H19N5O2S. The van der Waals surface area contributed by atoms with E-state index in [-0.39, 0.29) is 11.7 Å². The van der Waals surface area contributed by atoms with Crippen molar-refractivity contribution in [1.82, 2.24) is 24.2 Å². The summed E-state index contributed by atoms with van der Waals surface area (Å²) in [7, 11) is -3.16. The lowest BCUT2D eigenvalue weighted by Gasteiger charge is -2.16. The van der Waals surface area contributed by atoms with E-state index < -0.39 is 10.0 Å². The standard InChI is InChI=1S/C16H19N5O2S/c1-3-24(22,23)21-7-5-11(9-21)15-14-12-4-6-17-16(12)18-8-13(14)19-10(2)20-15/h4,6,8,11H,3,5,7,9H2,1-2H3,(H,17,18). The molecule has 4 heterocycles. The van der Waals surface area contributed by atoms with Gasteiger partial charge in [-0.15, -0.1) is 0 Å². The molecule has 0 aliphatic carbocycles. The van der Waals surface area contributed by atoms with Crippen molar-refractivity contribution in [3.63, 3.8) is 0 Å². The van der Waals surface area contributed by atoms with Gasteiger partial charge in [-0.3, -0.25) is 0 Å². The zero-order valence-electron chi connectivity index (χ0n) is 13.7. The van der Waals surface area contributed by atoms with Gasteiger partial charge < -0.3 is 4.98 Å². The first-order valence-corrected chi connectivity index (χ1v) is 9.68. The molecule has 0 saturated carbocycles.